The van der Waals surface area contributed by atoms with Gasteiger partial charge in [0.25, 0.3) is 0 Å². The number of hydrogen-bond donors (Lipinski definition) is 2. The van der Waals surface area contributed by atoms with Crippen LogP contribution in [0.3, 0.4) is 0 Å². The summed E-state index contributed by atoms with van der Waals surface area (Å²) in [4.78, 5) is 17.4. The van der Waals surface area contributed by atoms with E-state index in [2.05, 4.69) is 15.5 Å². The maximum absolute atomic E-state index is 12.7. The number of sulfonamides is 1. The molecule has 0 aliphatic rings. The van der Waals surface area contributed by atoms with Gasteiger partial charge in [-0.3, -0.25) is 4.79 Å². The first-order chi connectivity index (χ1) is 16.3. The molecule has 172 valence electrons. The smallest absolute Gasteiger partial charge is 0.238 e. The van der Waals surface area contributed by atoms with Crippen LogP contribution in [0.4, 0.5) is 5.69 Å². The number of anilines is 1. The van der Waals surface area contributed by atoms with Crippen LogP contribution in [-0.4, -0.2) is 34.8 Å². The highest BCUT2D eigenvalue weighted by Crippen LogP contribution is 2.30. The Morgan fingerprint density at radius 2 is 1.41 bits per heavy atom. The number of amides is 1. The molecule has 4 rings (SSSR count). The van der Waals surface area contributed by atoms with Gasteiger partial charge in [-0.25, -0.2) is 18.5 Å². The zero-order chi connectivity index (χ0) is 24.1. The summed E-state index contributed by atoms with van der Waals surface area (Å²) in [6.45, 7) is 1.73. The molecule has 10 heteroatoms. The molecule has 1 heterocycles. The Hall–Kier alpha value is -3.60. The number of hydrogen-bond acceptors (Lipinski definition) is 7. The molecule has 1 amide bonds. The van der Waals surface area contributed by atoms with Gasteiger partial charge in [-0.2, -0.15) is 0 Å². The Bertz CT molecular complexity index is 1400. The molecule has 0 unspecified atom stereocenters. The van der Waals surface area contributed by atoms with Crippen molar-refractivity contribution in [3.8, 4) is 22.5 Å². The molecule has 4 aromatic rings. The number of carbonyl (C=O) groups excluding carboxylic acids is 1. The summed E-state index contributed by atoms with van der Waals surface area (Å²) < 4.78 is 22.8. The lowest BCUT2D eigenvalue weighted by Gasteiger charge is -2.13. The maximum Gasteiger partial charge on any atom is 0.238 e. The maximum atomic E-state index is 12.7. The van der Waals surface area contributed by atoms with Crippen molar-refractivity contribution in [3.05, 3.63) is 84.9 Å². The van der Waals surface area contributed by atoms with Crippen LogP contribution in [0.25, 0.3) is 22.5 Å². The Morgan fingerprint density at radius 1 is 0.853 bits per heavy atom. The van der Waals surface area contributed by atoms with Crippen molar-refractivity contribution in [1.82, 2.24) is 15.2 Å². The number of rotatable bonds is 7. The molecule has 0 saturated heterocycles. The van der Waals surface area contributed by atoms with Gasteiger partial charge in [0, 0.05) is 16.8 Å². The van der Waals surface area contributed by atoms with Gasteiger partial charge in [-0.05, 0) is 31.2 Å². The monoisotopic (exact) mass is 491 g/mol. The highest BCUT2D eigenvalue weighted by Gasteiger charge is 2.19. The predicted octanol–water partition coefficient (Wildman–Crippen LogP) is 3.97. The molecule has 0 radical (unpaired) electrons. The number of benzene rings is 3. The number of thioether (sulfide) groups is 1. The standard InChI is InChI=1S/C24H21N5O3S2/c1-16(23(30)26-19-12-14-20(15-13-19)34(25,31)32)33-24-27-21(17-8-4-2-5-9-17)22(28-29-24)18-10-6-3-7-11-18/h2-16H,1H3,(H,26,30)(H2,25,31,32)/t16-/m0/s1. The van der Waals surface area contributed by atoms with E-state index in [4.69, 9.17) is 10.1 Å². The third-order valence-electron chi connectivity index (χ3n) is 4.86. The Balaban J connectivity index is 1.54. The van der Waals surface area contributed by atoms with Crippen LogP contribution in [0, 0.1) is 0 Å². The molecular weight excluding hydrogens is 470 g/mol. The molecule has 1 atom stereocenters. The Morgan fingerprint density at radius 3 is 1.97 bits per heavy atom. The van der Waals surface area contributed by atoms with Gasteiger partial charge in [-0.15, -0.1) is 10.2 Å². The largest absolute Gasteiger partial charge is 0.325 e. The van der Waals surface area contributed by atoms with Crippen LogP contribution in [0.2, 0.25) is 0 Å². The normalized spacial score (nSPS) is 12.2. The number of nitrogens with one attached hydrogen (secondary N) is 1. The van der Waals surface area contributed by atoms with E-state index in [0.717, 1.165) is 11.1 Å². The quantitative estimate of drug-likeness (QED) is 0.374. The van der Waals surface area contributed by atoms with Crippen molar-refractivity contribution in [2.75, 3.05) is 5.32 Å². The second-order valence-corrected chi connectivity index (χ2v) is 10.2. The van der Waals surface area contributed by atoms with Crippen LogP contribution in [-0.2, 0) is 14.8 Å². The summed E-state index contributed by atoms with van der Waals surface area (Å²) in [7, 11) is -3.80. The van der Waals surface area contributed by atoms with Crippen molar-refractivity contribution in [1.29, 1.82) is 0 Å². The summed E-state index contributed by atoms with van der Waals surface area (Å²) in [5, 5.41) is 16.4. The van der Waals surface area contributed by atoms with Crippen molar-refractivity contribution >= 4 is 33.4 Å². The summed E-state index contributed by atoms with van der Waals surface area (Å²) in [5.74, 6) is -0.287. The summed E-state index contributed by atoms with van der Waals surface area (Å²) in [6.07, 6.45) is 0. The van der Waals surface area contributed by atoms with Gasteiger partial charge in [0.2, 0.25) is 21.1 Å². The van der Waals surface area contributed by atoms with Gasteiger partial charge in [0.15, 0.2) is 0 Å². The fraction of sp³-hybridized carbons (Fsp3) is 0.0833. The number of nitrogens with two attached hydrogens (primary N) is 1. The zero-order valence-corrected chi connectivity index (χ0v) is 19.8. The molecule has 0 saturated carbocycles. The molecule has 0 spiro atoms. The SMILES string of the molecule is C[C@H](Sc1nnc(-c2ccccc2)c(-c2ccccc2)n1)C(=O)Nc1ccc(S(N)(=O)=O)cc1. The highest BCUT2D eigenvalue weighted by molar-refractivity contribution is 8.00. The van der Waals surface area contributed by atoms with E-state index in [-0.39, 0.29) is 10.8 Å². The minimum atomic E-state index is -3.80. The molecular formula is C24H21N5O3S2. The number of primary sulfonamides is 1. The van der Waals surface area contributed by atoms with Gasteiger partial charge in [0.05, 0.1) is 10.1 Å². The van der Waals surface area contributed by atoms with Crippen molar-refractivity contribution < 1.29 is 13.2 Å². The van der Waals surface area contributed by atoms with Crippen LogP contribution < -0.4 is 10.5 Å². The first kappa shape index (κ1) is 23.6. The van der Waals surface area contributed by atoms with Crippen LogP contribution in [0.5, 0.6) is 0 Å². The van der Waals surface area contributed by atoms with Crippen molar-refractivity contribution in [3.63, 3.8) is 0 Å². The lowest BCUT2D eigenvalue weighted by Crippen LogP contribution is -2.23. The third-order valence-corrected chi connectivity index (χ3v) is 6.74. The first-order valence-corrected chi connectivity index (χ1v) is 12.7. The minimum absolute atomic E-state index is 0.0284. The Kier molecular flexibility index (Phi) is 7.01. The first-order valence-electron chi connectivity index (χ1n) is 10.3. The predicted molar refractivity (Wildman–Crippen MR) is 132 cm³/mol. The van der Waals surface area contributed by atoms with Gasteiger partial charge in [-0.1, -0.05) is 72.4 Å². The summed E-state index contributed by atoms with van der Waals surface area (Å²) in [5.41, 5.74) is 3.57. The van der Waals surface area contributed by atoms with Crippen LogP contribution in [0.1, 0.15) is 6.92 Å². The van der Waals surface area contributed by atoms with Crippen LogP contribution >= 0.6 is 11.8 Å². The molecule has 34 heavy (non-hydrogen) atoms. The molecule has 8 nitrogen and oxygen atoms in total. The number of aromatic nitrogens is 3. The van der Waals surface area contributed by atoms with Crippen LogP contribution in [0.15, 0.2) is 95.0 Å². The van der Waals surface area contributed by atoms with E-state index in [9.17, 15) is 13.2 Å². The molecule has 0 fully saturated rings. The average molecular weight is 492 g/mol. The number of nitrogens with zero attached hydrogens (tertiary/aromatic N) is 3. The molecule has 3 aromatic carbocycles. The third kappa shape index (κ3) is 5.66. The van der Waals surface area contributed by atoms with E-state index in [1.807, 2.05) is 60.7 Å². The van der Waals surface area contributed by atoms with Gasteiger partial charge in [0.1, 0.15) is 11.4 Å². The van der Waals surface area contributed by atoms with E-state index in [0.29, 0.717) is 22.2 Å². The lowest BCUT2D eigenvalue weighted by atomic mass is 10.0. The summed E-state index contributed by atoms with van der Waals surface area (Å²) in [6, 6.07) is 25.0. The van der Waals surface area contributed by atoms with E-state index < -0.39 is 15.3 Å². The minimum Gasteiger partial charge on any atom is -0.325 e. The van der Waals surface area contributed by atoms with Crippen molar-refractivity contribution in [2.24, 2.45) is 5.14 Å². The fourth-order valence-electron chi connectivity index (χ4n) is 3.13. The highest BCUT2D eigenvalue weighted by atomic mass is 32.2. The van der Waals surface area contributed by atoms with Gasteiger partial charge < -0.3 is 5.32 Å². The molecule has 1 aromatic heterocycles. The Labute approximate surface area is 201 Å². The fourth-order valence-corrected chi connectivity index (χ4v) is 4.36. The lowest BCUT2D eigenvalue weighted by molar-refractivity contribution is -0.115. The topological polar surface area (TPSA) is 128 Å². The van der Waals surface area contributed by atoms with Gasteiger partial charge >= 0.3 is 0 Å². The molecule has 0 bridgehead atoms. The molecule has 3 N–H and O–H groups in total. The molecule has 0 aliphatic heterocycles. The van der Waals surface area contributed by atoms with Crippen molar-refractivity contribution in [2.45, 2.75) is 22.2 Å². The second kappa shape index (κ2) is 10.1. The molecule has 0 aliphatic carbocycles. The number of carbonyl (C=O) groups is 1. The van der Waals surface area contributed by atoms with E-state index >= 15 is 0 Å². The average Bonchev–Trinajstić information content (AvgIpc) is 2.85. The zero-order valence-electron chi connectivity index (χ0n) is 18.1. The summed E-state index contributed by atoms with van der Waals surface area (Å²) >= 11 is 1.18. The van der Waals surface area contributed by atoms with E-state index in [1.54, 1.807) is 6.92 Å². The van der Waals surface area contributed by atoms with E-state index in [1.165, 1.54) is 36.0 Å². The second-order valence-electron chi connectivity index (χ2n) is 7.34.